The van der Waals surface area contributed by atoms with E-state index in [-0.39, 0.29) is 5.91 Å². The van der Waals surface area contributed by atoms with Crippen LogP contribution < -0.4 is 5.32 Å². The van der Waals surface area contributed by atoms with E-state index in [9.17, 15) is 9.90 Å². The maximum Gasteiger partial charge on any atom is 0.259 e. The number of nitrogens with zero attached hydrogens (tertiary/aromatic N) is 2. The third-order valence-electron chi connectivity index (χ3n) is 3.59. The highest BCUT2D eigenvalue weighted by atomic mass is 127. The lowest BCUT2D eigenvalue weighted by Gasteiger charge is -2.28. The number of amides is 1. The van der Waals surface area contributed by atoms with Crippen molar-refractivity contribution in [2.45, 2.75) is 32.8 Å². The number of aryl methyl sites for hydroxylation is 1. The van der Waals surface area contributed by atoms with Crippen LogP contribution in [0.15, 0.2) is 30.5 Å². The number of para-hydroxylation sites is 1. The summed E-state index contributed by atoms with van der Waals surface area (Å²) in [4.78, 5) is 12.5. The first-order chi connectivity index (χ1) is 10.7. The molecule has 0 aliphatic rings. The fourth-order valence-electron chi connectivity index (χ4n) is 2.77. The van der Waals surface area contributed by atoms with Crippen molar-refractivity contribution in [3.63, 3.8) is 0 Å². The van der Waals surface area contributed by atoms with Crippen LogP contribution in [-0.4, -0.2) is 20.8 Å². The van der Waals surface area contributed by atoms with Gasteiger partial charge in [-0.25, -0.2) is 0 Å². The topological polar surface area (TPSA) is 67.2 Å². The highest BCUT2D eigenvalue weighted by Crippen LogP contribution is 2.33. The summed E-state index contributed by atoms with van der Waals surface area (Å²) >= 11 is 2.04. The molecule has 2 N–H and O–H groups in total. The molecule has 2 rings (SSSR count). The van der Waals surface area contributed by atoms with Gasteiger partial charge in [0.15, 0.2) is 0 Å². The van der Waals surface area contributed by atoms with E-state index in [1.165, 1.54) is 0 Å². The predicted octanol–water partition coefficient (Wildman–Crippen LogP) is 3.53. The molecule has 2 aromatic rings. The van der Waals surface area contributed by atoms with Crippen molar-refractivity contribution in [3.8, 4) is 0 Å². The van der Waals surface area contributed by atoms with Crippen molar-refractivity contribution < 1.29 is 9.90 Å². The summed E-state index contributed by atoms with van der Waals surface area (Å²) in [6.45, 7) is 5.91. The molecule has 0 aliphatic heterocycles. The van der Waals surface area contributed by atoms with Gasteiger partial charge < -0.3 is 10.4 Å². The van der Waals surface area contributed by atoms with Gasteiger partial charge in [0.1, 0.15) is 3.70 Å². The molecular formula is C17H22IN3O2. The molecule has 5 nitrogen and oxygen atoms in total. The number of aromatic nitrogens is 2. The van der Waals surface area contributed by atoms with Crippen molar-refractivity contribution in [2.75, 3.05) is 5.32 Å². The largest absolute Gasteiger partial charge is 0.385 e. The number of carbonyl (C=O) groups is 1. The summed E-state index contributed by atoms with van der Waals surface area (Å²) < 4.78 is 2.26. The molecule has 1 heterocycles. The first-order valence-electron chi connectivity index (χ1n) is 7.53. The van der Waals surface area contributed by atoms with E-state index in [1.54, 1.807) is 24.9 Å². The van der Waals surface area contributed by atoms with Crippen LogP contribution in [0.4, 0.5) is 5.69 Å². The molecule has 1 amide bonds. The number of aliphatic hydroxyl groups is 1. The molecular weight excluding hydrogens is 405 g/mol. The van der Waals surface area contributed by atoms with Crippen LogP contribution in [-0.2, 0) is 12.6 Å². The fourth-order valence-corrected chi connectivity index (χ4v) is 3.49. The maximum absolute atomic E-state index is 12.5. The third kappa shape index (κ3) is 4.32. The first kappa shape index (κ1) is 17.9. The Bertz CT molecular complexity index is 708. The van der Waals surface area contributed by atoms with E-state index in [1.807, 2.05) is 46.9 Å². The molecule has 23 heavy (non-hydrogen) atoms. The van der Waals surface area contributed by atoms with Gasteiger partial charge in [0, 0.05) is 24.5 Å². The zero-order valence-electron chi connectivity index (χ0n) is 13.8. The van der Waals surface area contributed by atoms with Crippen LogP contribution in [0.3, 0.4) is 0 Å². The van der Waals surface area contributed by atoms with Gasteiger partial charge in [0.25, 0.3) is 5.91 Å². The van der Waals surface area contributed by atoms with Gasteiger partial charge in [-0.15, -0.1) is 0 Å². The monoisotopic (exact) mass is 427 g/mol. The number of carbonyl (C=O) groups excluding carboxylic acids is 1. The van der Waals surface area contributed by atoms with Crippen molar-refractivity contribution in [1.29, 1.82) is 0 Å². The molecule has 0 saturated carbocycles. The molecule has 0 spiro atoms. The third-order valence-corrected chi connectivity index (χ3v) is 4.39. The summed E-state index contributed by atoms with van der Waals surface area (Å²) in [5.74, 6) is 0.114. The minimum absolute atomic E-state index is 0.227. The van der Waals surface area contributed by atoms with E-state index in [2.05, 4.69) is 24.3 Å². The number of halogens is 1. The maximum atomic E-state index is 12.5. The zero-order valence-corrected chi connectivity index (χ0v) is 16.0. The van der Waals surface area contributed by atoms with Gasteiger partial charge in [-0.05, 0) is 47.9 Å². The van der Waals surface area contributed by atoms with Gasteiger partial charge in [-0.3, -0.25) is 9.48 Å². The molecule has 0 bridgehead atoms. The summed E-state index contributed by atoms with van der Waals surface area (Å²) in [6, 6.07) is 7.38. The van der Waals surface area contributed by atoms with E-state index in [0.29, 0.717) is 27.3 Å². The summed E-state index contributed by atoms with van der Waals surface area (Å²) in [5.41, 5.74) is 0.871. The van der Waals surface area contributed by atoms with Gasteiger partial charge >= 0.3 is 0 Å². The Morgan fingerprint density at radius 2 is 2.09 bits per heavy atom. The summed E-state index contributed by atoms with van der Waals surface area (Å²) in [7, 11) is 1.78. The molecule has 1 atom stereocenters. The number of benzene rings is 1. The van der Waals surface area contributed by atoms with Crippen LogP contribution in [0.5, 0.6) is 0 Å². The van der Waals surface area contributed by atoms with Crippen molar-refractivity contribution >= 4 is 34.2 Å². The Hall–Kier alpha value is -1.41. The molecule has 1 unspecified atom stereocenters. The Morgan fingerprint density at radius 3 is 2.65 bits per heavy atom. The molecule has 6 heteroatoms. The smallest absolute Gasteiger partial charge is 0.259 e. The van der Waals surface area contributed by atoms with Gasteiger partial charge in [0.2, 0.25) is 0 Å². The molecule has 1 aromatic heterocycles. The minimum atomic E-state index is -1.000. The summed E-state index contributed by atoms with van der Waals surface area (Å²) in [6.07, 6.45) is 2.30. The van der Waals surface area contributed by atoms with Crippen LogP contribution in [0.25, 0.3) is 0 Å². The molecule has 0 aliphatic carbocycles. The number of nitrogens with one attached hydrogen (secondary N) is 1. The normalized spacial score (nSPS) is 13.9. The Labute approximate surface area is 150 Å². The number of anilines is 1. The van der Waals surface area contributed by atoms with E-state index < -0.39 is 5.60 Å². The zero-order chi connectivity index (χ0) is 17.2. The molecule has 0 fully saturated rings. The van der Waals surface area contributed by atoms with E-state index in [0.717, 1.165) is 5.56 Å². The number of rotatable bonds is 5. The fraction of sp³-hybridized carbons (Fsp3) is 0.412. The highest BCUT2D eigenvalue weighted by molar-refractivity contribution is 14.1. The van der Waals surface area contributed by atoms with Gasteiger partial charge in [-0.1, -0.05) is 32.0 Å². The Morgan fingerprint density at radius 1 is 1.43 bits per heavy atom. The lowest BCUT2D eigenvalue weighted by atomic mass is 9.86. The average Bonchev–Trinajstić information content (AvgIpc) is 2.77. The molecule has 0 saturated heterocycles. The summed E-state index contributed by atoms with van der Waals surface area (Å²) in [5, 5.41) is 17.9. The SMILES string of the molecule is CC(C)CC(C)(O)c1ccccc1NC(=O)c1cn(C)nc1I. The van der Waals surface area contributed by atoms with Crippen LogP contribution in [0.2, 0.25) is 0 Å². The van der Waals surface area contributed by atoms with Crippen molar-refractivity contribution in [3.05, 3.63) is 45.3 Å². The van der Waals surface area contributed by atoms with Gasteiger partial charge in [-0.2, -0.15) is 5.10 Å². The van der Waals surface area contributed by atoms with E-state index in [4.69, 9.17) is 0 Å². The number of hydrogen-bond acceptors (Lipinski definition) is 3. The van der Waals surface area contributed by atoms with Crippen LogP contribution in [0.1, 0.15) is 43.1 Å². The highest BCUT2D eigenvalue weighted by Gasteiger charge is 2.27. The molecule has 1 aromatic carbocycles. The second kappa shape index (κ2) is 7.00. The molecule has 124 valence electrons. The second-order valence-electron chi connectivity index (χ2n) is 6.38. The Kier molecular flexibility index (Phi) is 5.46. The van der Waals surface area contributed by atoms with Crippen molar-refractivity contribution in [2.24, 2.45) is 13.0 Å². The lowest BCUT2D eigenvalue weighted by molar-refractivity contribution is 0.0356. The van der Waals surface area contributed by atoms with E-state index >= 15 is 0 Å². The number of hydrogen-bond donors (Lipinski definition) is 2. The van der Waals surface area contributed by atoms with Crippen molar-refractivity contribution in [1.82, 2.24) is 9.78 Å². The van der Waals surface area contributed by atoms with Crippen LogP contribution >= 0.6 is 22.6 Å². The first-order valence-corrected chi connectivity index (χ1v) is 8.61. The second-order valence-corrected chi connectivity index (χ2v) is 7.40. The molecule has 0 radical (unpaired) electrons. The Balaban J connectivity index is 2.31. The lowest BCUT2D eigenvalue weighted by Crippen LogP contribution is -2.26. The standard InChI is InChI=1S/C17H22IN3O2/c1-11(2)9-17(3,23)13-7-5-6-8-14(13)19-16(22)12-10-21(4)20-15(12)18/h5-8,10-11,23H,9H2,1-4H3,(H,19,22). The van der Waals surface area contributed by atoms with Gasteiger partial charge in [0.05, 0.1) is 11.2 Å². The predicted molar refractivity (Wildman–Crippen MR) is 99.3 cm³/mol. The average molecular weight is 427 g/mol. The van der Waals surface area contributed by atoms with Crippen LogP contribution in [0, 0.1) is 9.62 Å². The quantitative estimate of drug-likeness (QED) is 0.718. The minimum Gasteiger partial charge on any atom is -0.385 e.